The van der Waals surface area contributed by atoms with Crippen LogP contribution in [0.2, 0.25) is 0 Å². The third-order valence-electron chi connectivity index (χ3n) is 11.1. The number of nitrogens with zero attached hydrogens (tertiary/aromatic N) is 4. The molecule has 4 rings (SSSR count). The van der Waals surface area contributed by atoms with Gasteiger partial charge in [0, 0.05) is 31.0 Å². The Kier molecular flexibility index (Phi) is 15.7. The number of Topliss-reactive ketones (excluding diaryl/α,β-unsaturated/α-hetero) is 1. The van der Waals surface area contributed by atoms with Gasteiger partial charge >= 0.3 is 5.97 Å². The number of carbonyl (C=O) groups is 3. The lowest BCUT2D eigenvalue weighted by Gasteiger charge is -2.47. The van der Waals surface area contributed by atoms with E-state index < -0.39 is 77.3 Å². The minimum absolute atomic E-state index is 0.0316. The molecule has 3 fully saturated rings. The Labute approximate surface area is 338 Å². The van der Waals surface area contributed by atoms with Gasteiger partial charge in [0.05, 0.1) is 47.3 Å². The van der Waals surface area contributed by atoms with Crippen molar-refractivity contribution in [3.63, 3.8) is 0 Å². The number of amides is 1. The summed E-state index contributed by atoms with van der Waals surface area (Å²) in [6.07, 6.45) is -5.12. The second-order valence-electron chi connectivity index (χ2n) is 16.0. The third-order valence-corrected chi connectivity index (χ3v) is 11.8. The van der Waals surface area contributed by atoms with Crippen molar-refractivity contribution in [2.75, 3.05) is 33.0 Å². The number of pyridine rings is 1. The highest BCUT2D eigenvalue weighted by Gasteiger charge is 2.51. The van der Waals surface area contributed by atoms with Crippen molar-refractivity contribution in [1.82, 2.24) is 9.88 Å². The highest BCUT2D eigenvalue weighted by atomic mass is 79.9. The number of rotatable bonds is 7. The van der Waals surface area contributed by atoms with Gasteiger partial charge in [-0.2, -0.15) is 0 Å². The Morgan fingerprint density at radius 1 is 1.16 bits per heavy atom. The lowest BCUT2D eigenvalue weighted by molar-refractivity contribution is -0.296. The zero-order chi connectivity index (χ0) is 41.7. The molecule has 0 radical (unpaired) electrons. The first-order valence-corrected chi connectivity index (χ1v) is 20.0. The maximum absolute atomic E-state index is 14.4. The number of cyclic esters (lactones) is 1. The fourth-order valence-electron chi connectivity index (χ4n) is 7.79. The first-order valence-electron chi connectivity index (χ1n) is 19.2. The van der Waals surface area contributed by atoms with E-state index in [9.17, 15) is 24.6 Å². The molecule has 1 amide bonds. The molecule has 0 saturated carbocycles. The van der Waals surface area contributed by atoms with Gasteiger partial charge in [-0.3, -0.25) is 14.4 Å². The number of aromatic nitrogens is 1. The Balaban J connectivity index is 1.90. The maximum Gasteiger partial charge on any atom is 0.316 e. The largest absolute Gasteiger partial charge is 0.459 e. The summed E-state index contributed by atoms with van der Waals surface area (Å²) in [4.78, 5) is 57.1. The monoisotopic (exact) mass is 853 g/mol. The molecule has 3 aliphatic heterocycles. The minimum atomic E-state index is -1.83. The van der Waals surface area contributed by atoms with Gasteiger partial charge in [-0.25, -0.2) is 9.98 Å². The molecule has 2 bridgehead atoms. The number of ether oxygens (including phenoxy) is 5. The molecule has 0 aromatic carbocycles. The standard InChI is InChI=1S/C39H60BrN5O11/c1-11-30-39(8,50)31-15-28(42-24(6)46)20(2)16-38(7,52-18-26(17-51-31)44-53-19-25-12-13-27(40)35(41)43-25)34(22(4)32(47)23(5)36(49)55-30)56-37-33(48)29(45(9)10)14-21(3)54-37/h12-13,20-23,29-31,33-34,37,48,50H,11,14-19H2,1-10H3,(H2,41,43)/b42-28?,44-26-/t20-,21-,22+,23-,29+,30-,31-,33-,34-,37+,38-,39-/m1/s1. The van der Waals surface area contributed by atoms with E-state index in [2.05, 4.69) is 31.1 Å². The summed E-state index contributed by atoms with van der Waals surface area (Å²) in [5, 5.41) is 28.2. The Hall–Kier alpha value is -2.90. The predicted molar refractivity (Wildman–Crippen MR) is 211 cm³/mol. The van der Waals surface area contributed by atoms with Crippen LogP contribution in [-0.4, -0.2) is 131 Å². The van der Waals surface area contributed by atoms with Crippen LogP contribution >= 0.6 is 15.9 Å². The SMILES string of the molecule is CC[C@H]1OC(=O)[C@H](C)C(=O)[C@H](C)[C@@H](O[C@@H]2O[C@H](C)C[C@H](N(C)C)[C@H]2O)[C@@]2(C)C[C@@H](C)C(=NC(C)=O)C[C@@H](OC/C(=N/OCc3ccc(Br)c(N)n3)CO2)[C@]1(C)O. The van der Waals surface area contributed by atoms with E-state index in [1.54, 1.807) is 32.9 Å². The molecule has 314 valence electrons. The summed E-state index contributed by atoms with van der Waals surface area (Å²) < 4.78 is 32.7. The zero-order valence-corrected chi connectivity index (χ0v) is 35.8. The van der Waals surface area contributed by atoms with E-state index in [1.165, 1.54) is 20.8 Å². The number of aliphatic hydroxyl groups is 2. The van der Waals surface area contributed by atoms with Crippen LogP contribution < -0.4 is 5.73 Å². The van der Waals surface area contributed by atoms with Crippen molar-refractivity contribution >= 4 is 50.8 Å². The van der Waals surface area contributed by atoms with Crippen LogP contribution in [0.3, 0.4) is 0 Å². The second-order valence-corrected chi connectivity index (χ2v) is 16.9. The summed E-state index contributed by atoms with van der Waals surface area (Å²) in [7, 11) is 3.72. The van der Waals surface area contributed by atoms with Crippen molar-refractivity contribution in [1.29, 1.82) is 0 Å². The molecule has 0 spiro atoms. The number of aliphatic imine (C=N–C) groups is 1. The van der Waals surface area contributed by atoms with E-state index in [0.29, 0.717) is 22.3 Å². The number of nitrogen functional groups attached to an aromatic ring is 1. The van der Waals surface area contributed by atoms with Gasteiger partial charge in [-0.1, -0.05) is 25.9 Å². The number of nitrogens with two attached hydrogens (primary N) is 1. The van der Waals surface area contributed by atoms with Crippen LogP contribution in [0.25, 0.3) is 0 Å². The number of likely N-dealkylation sites (N-methyl/N-ethyl adjacent to an activating group) is 1. The van der Waals surface area contributed by atoms with Crippen LogP contribution in [0.5, 0.6) is 0 Å². The van der Waals surface area contributed by atoms with Gasteiger partial charge in [0.2, 0.25) is 5.91 Å². The van der Waals surface area contributed by atoms with E-state index in [4.69, 9.17) is 34.3 Å². The molecular weight excluding hydrogens is 794 g/mol. The fourth-order valence-corrected chi connectivity index (χ4v) is 8.01. The number of fused-ring (bicyclic) bond motifs is 5. The summed E-state index contributed by atoms with van der Waals surface area (Å²) in [5.41, 5.74) is 3.92. The molecule has 0 aliphatic carbocycles. The first-order chi connectivity index (χ1) is 26.2. The zero-order valence-electron chi connectivity index (χ0n) is 34.2. The van der Waals surface area contributed by atoms with Crippen molar-refractivity contribution in [3.8, 4) is 0 Å². The molecule has 4 N–H and O–H groups in total. The molecule has 56 heavy (non-hydrogen) atoms. The molecule has 17 heteroatoms. The van der Waals surface area contributed by atoms with Gasteiger partial charge in [0.25, 0.3) is 0 Å². The molecular formula is C39H60BrN5O11. The average Bonchev–Trinajstić information content (AvgIpc) is 3.14. The van der Waals surface area contributed by atoms with Crippen LogP contribution in [0.15, 0.2) is 26.8 Å². The smallest absolute Gasteiger partial charge is 0.316 e. The molecule has 16 nitrogen and oxygen atoms in total. The third kappa shape index (κ3) is 11.0. The summed E-state index contributed by atoms with van der Waals surface area (Å²) in [6, 6.07) is 3.15. The van der Waals surface area contributed by atoms with E-state index >= 15 is 0 Å². The van der Waals surface area contributed by atoms with Crippen molar-refractivity contribution in [2.24, 2.45) is 27.9 Å². The number of carbonyl (C=O) groups excluding carboxylic acids is 3. The number of ketones is 1. The number of esters is 1. The second kappa shape index (κ2) is 19.2. The number of oxime groups is 1. The molecule has 1 aromatic heterocycles. The predicted octanol–water partition coefficient (Wildman–Crippen LogP) is 3.62. The molecule has 1 aromatic rings. The number of hydrogen-bond donors (Lipinski definition) is 3. The number of anilines is 1. The molecule has 12 atom stereocenters. The van der Waals surface area contributed by atoms with Gasteiger partial charge in [0.15, 0.2) is 18.7 Å². The quantitative estimate of drug-likeness (QED) is 0.203. The Morgan fingerprint density at radius 3 is 2.48 bits per heavy atom. The van der Waals surface area contributed by atoms with Gasteiger partial charge in [-0.15, -0.1) is 0 Å². The fraction of sp³-hybridized carbons (Fsp3) is 0.744. The topological polar surface area (TPSA) is 214 Å². The van der Waals surface area contributed by atoms with Crippen molar-refractivity contribution < 1.29 is 53.1 Å². The minimum Gasteiger partial charge on any atom is -0.459 e. The maximum atomic E-state index is 14.4. The van der Waals surface area contributed by atoms with Crippen molar-refractivity contribution in [3.05, 3.63) is 22.3 Å². The number of aliphatic hydroxyl groups excluding tert-OH is 1. The number of hydrogen-bond acceptors (Lipinski definition) is 15. The highest BCUT2D eigenvalue weighted by molar-refractivity contribution is 9.10. The van der Waals surface area contributed by atoms with Crippen LogP contribution in [0.1, 0.15) is 86.8 Å². The lowest BCUT2D eigenvalue weighted by Crippen LogP contribution is -2.59. The molecule has 3 aliphatic rings. The van der Waals surface area contributed by atoms with Crippen LogP contribution in [-0.2, 0) is 49.5 Å². The van der Waals surface area contributed by atoms with Crippen LogP contribution in [0.4, 0.5) is 5.82 Å². The van der Waals surface area contributed by atoms with Gasteiger partial charge in [0.1, 0.15) is 35.3 Å². The number of halogens is 1. The normalized spacial score (nSPS) is 38.1. The highest BCUT2D eigenvalue weighted by Crippen LogP contribution is 2.39. The molecule has 4 heterocycles. The van der Waals surface area contributed by atoms with E-state index in [-0.39, 0.29) is 62.8 Å². The lowest BCUT2D eigenvalue weighted by atomic mass is 9.76. The Bertz CT molecular complexity index is 1630. The summed E-state index contributed by atoms with van der Waals surface area (Å²) >= 11 is 3.34. The average molecular weight is 855 g/mol. The Morgan fingerprint density at radius 2 is 1.86 bits per heavy atom. The summed E-state index contributed by atoms with van der Waals surface area (Å²) in [6.45, 7) is 12.7. The van der Waals surface area contributed by atoms with Crippen molar-refractivity contribution in [2.45, 2.75) is 142 Å². The van der Waals surface area contributed by atoms with E-state index in [1.807, 2.05) is 32.8 Å². The van der Waals surface area contributed by atoms with Gasteiger partial charge in [-0.05, 0) is 95.0 Å². The van der Waals surface area contributed by atoms with E-state index in [0.717, 1.165) is 0 Å². The van der Waals surface area contributed by atoms with Gasteiger partial charge < -0.3 is 49.4 Å². The first kappa shape index (κ1) is 45.8. The molecule has 3 saturated heterocycles. The summed E-state index contributed by atoms with van der Waals surface area (Å²) in [5.74, 6) is -4.32. The molecule has 0 unspecified atom stereocenters. The van der Waals surface area contributed by atoms with Crippen LogP contribution in [0, 0.1) is 17.8 Å².